The third-order valence-corrected chi connectivity index (χ3v) is 5.56. The van der Waals surface area contributed by atoms with E-state index >= 15 is 0 Å². The minimum atomic E-state index is -0.655. The average molecular weight is 354 g/mol. The molecular formula is C19H30O6. The maximum absolute atomic E-state index is 11.9. The van der Waals surface area contributed by atoms with Gasteiger partial charge in [0, 0.05) is 13.3 Å². The number of hydrogen-bond acceptors (Lipinski definition) is 6. The van der Waals surface area contributed by atoms with E-state index in [-0.39, 0.29) is 17.5 Å². The maximum atomic E-state index is 11.9. The molecule has 3 rings (SSSR count). The zero-order valence-corrected chi connectivity index (χ0v) is 15.7. The van der Waals surface area contributed by atoms with Gasteiger partial charge in [-0.3, -0.25) is 9.59 Å². The summed E-state index contributed by atoms with van der Waals surface area (Å²) in [5.74, 6) is 0.644. The second-order valence-electron chi connectivity index (χ2n) is 7.91. The quantitative estimate of drug-likeness (QED) is 0.570. The van der Waals surface area contributed by atoms with Gasteiger partial charge in [0.15, 0.2) is 0 Å². The molecule has 0 aromatic heterocycles. The van der Waals surface area contributed by atoms with Crippen LogP contribution in [-0.2, 0) is 28.6 Å². The molecule has 4 unspecified atom stereocenters. The predicted octanol–water partition coefficient (Wildman–Crippen LogP) is 3.02. The van der Waals surface area contributed by atoms with E-state index in [0.29, 0.717) is 18.9 Å². The molecule has 0 radical (unpaired) electrons. The van der Waals surface area contributed by atoms with Gasteiger partial charge in [-0.25, -0.2) is 4.79 Å². The molecule has 0 amide bonds. The van der Waals surface area contributed by atoms with E-state index in [1.165, 1.54) is 26.2 Å². The SMILES string of the molecule is CC(=O)OC1CCOC1=O.CCC(C)(C)C(=O)OC1CC2CCC1C2. The molecule has 0 spiro atoms. The molecule has 0 aromatic carbocycles. The van der Waals surface area contributed by atoms with Crippen LogP contribution in [0.2, 0.25) is 0 Å². The first-order valence-corrected chi connectivity index (χ1v) is 9.28. The maximum Gasteiger partial charge on any atom is 0.347 e. The van der Waals surface area contributed by atoms with Gasteiger partial charge < -0.3 is 14.2 Å². The average Bonchev–Trinajstić information content (AvgIpc) is 3.26. The van der Waals surface area contributed by atoms with Crippen LogP contribution in [0.25, 0.3) is 0 Å². The van der Waals surface area contributed by atoms with E-state index in [1.54, 1.807) is 0 Å². The first-order chi connectivity index (χ1) is 11.7. The Labute approximate surface area is 149 Å². The van der Waals surface area contributed by atoms with Crippen molar-refractivity contribution >= 4 is 17.9 Å². The summed E-state index contributed by atoms with van der Waals surface area (Å²) in [4.78, 5) is 32.8. The van der Waals surface area contributed by atoms with Crippen molar-refractivity contribution in [1.29, 1.82) is 0 Å². The highest BCUT2D eigenvalue weighted by molar-refractivity contribution is 5.79. The highest BCUT2D eigenvalue weighted by atomic mass is 16.6. The van der Waals surface area contributed by atoms with Crippen molar-refractivity contribution in [3.05, 3.63) is 0 Å². The third kappa shape index (κ3) is 5.19. The predicted molar refractivity (Wildman–Crippen MR) is 90.5 cm³/mol. The van der Waals surface area contributed by atoms with Crippen molar-refractivity contribution in [2.24, 2.45) is 17.3 Å². The molecule has 1 heterocycles. The zero-order valence-electron chi connectivity index (χ0n) is 15.7. The van der Waals surface area contributed by atoms with Gasteiger partial charge in [-0.05, 0) is 57.8 Å². The Morgan fingerprint density at radius 3 is 2.32 bits per heavy atom. The lowest BCUT2D eigenvalue weighted by Crippen LogP contribution is -2.32. The van der Waals surface area contributed by atoms with Crippen molar-refractivity contribution in [2.45, 2.75) is 78.4 Å². The molecule has 2 aliphatic carbocycles. The van der Waals surface area contributed by atoms with Gasteiger partial charge in [-0.1, -0.05) is 6.92 Å². The fraction of sp³-hybridized carbons (Fsp3) is 0.842. The number of rotatable bonds is 4. The number of fused-ring (bicyclic) bond motifs is 2. The molecule has 25 heavy (non-hydrogen) atoms. The van der Waals surface area contributed by atoms with Crippen LogP contribution in [0.4, 0.5) is 0 Å². The smallest absolute Gasteiger partial charge is 0.347 e. The number of carbonyl (C=O) groups excluding carboxylic acids is 3. The molecular weight excluding hydrogens is 324 g/mol. The Kier molecular flexibility index (Phi) is 6.47. The lowest BCUT2D eigenvalue weighted by Gasteiger charge is -2.27. The Hall–Kier alpha value is -1.59. The number of hydrogen-bond donors (Lipinski definition) is 0. The molecule has 4 atom stereocenters. The molecule has 2 bridgehead atoms. The van der Waals surface area contributed by atoms with Crippen LogP contribution >= 0.6 is 0 Å². The highest BCUT2D eigenvalue weighted by Crippen LogP contribution is 2.46. The van der Waals surface area contributed by atoms with Gasteiger partial charge in [0.25, 0.3) is 0 Å². The van der Waals surface area contributed by atoms with Crippen LogP contribution < -0.4 is 0 Å². The van der Waals surface area contributed by atoms with Crippen LogP contribution in [0.15, 0.2) is 0 Å². The van der Waals surface area contributed by atoms with Gasteiger partial charge in [-0.15, -0.1) is 0 Å². The first-order valence-electron chi connectivity index (χ1n) is 9.28. The lowest BCUT2D eigenvalue weighted by molar-refractivity contribution is -0.162. The van der Waals surface area contributed by atoms with Crippen molar-refractivity contribution < 1.29 is 28.6 Å². The molecule has 1 aliphatic heterocycles. The van der Waals surface area contributed by atoms with Crippen LogP contribution in [-0.4, -0.2) is 36.7 Å². The first kappa shape index (κ1) is 19.7. The Balaban J connectivity index is 0.000000196. The number of cyclic esters (lactones) is 1. The van der Waals surface area contributed by atoms with E-state index in [0.717, 1.165) is 18.8 Å². The van der Waals surface area contributed by atoms with Crippen LogP contribution in [0, 0.1) is 17.3 Å². The van der Waals surface area contributed by atoms with Crippen molar-refractivity contribution in [1.82, 2.24) is 0 Å². The van der Waals surface area contributed by atoms with E-state index in [9.17, 15) is 14.4 Å². The topological polar surface area (TPSA) is 78.9 Å². The molecule has 3 aliphatic rings. The van der Waals surface area contributed by atoms with E-state index in [1.807, 2.05) is 20.8 Å². The highest BCUT2D eigenvalue weighted by Gasteiger charge is 2.43. The summed E-state index contributed by atoms with van der Waals surface area (Å²) in [5, 5.41) is 0. The van der Waals surface area contributed by atoms with Crippen LogP contribution in [0.3, 0.4) is 0 Å². The summed E-state index contributed by atoms with van der Waals surface area (Å²) >= 11 is 0. The molecule has 0 aromatic rings. The third-order valence-electron chi connectivity index (χ3n) is 5.56. The molecule has 2 saturated carbocycles. The summed E-state index contributed by atoms with van der Waals surface area (Å²) in [5.41, 5.74) is -0.304. The van der Waals surface area contributed by atoms with Gasteiger partial charge in [0.05, 0.1) is 12.0 Å². The summed E-state index contributed by atoms with van der Waals surface area (Å²) < 4.78 is 14.8. The zero-order chi connectivity index (χ0) is 18.6. The van der Waals surface area contributed by atoms with Crippen LogP contribution in [0.5, 0.6) is 0 Å². The van der Waals surface area contributed by atoms with Gasteiger partial charge in [-0.2, -0.15) is 0 Å². The molecule has 142 valence electrons. The number of ether oxygens (including phenoxy) is 3. The van der Waals surface area contributed by atoms with E-state index < -0.39 is 18.0 Å². The standard InChI is InChI=1S/C13H22O2.C6H8O4/c1-4-13(2,3)12(14)15-11-8-9-5-6-10(11)7-9;1-4(7)10-5-2-3-9-6(5)8/h9-11H,4-8H2,1-3H3;5H,2-3H2,1H3. The minimum Gasteiger partial charge on any atom is -0.463 e. The van der Waals surface area contributed by atoms with Gasteiger partial charge in [0.2, 0.25) is 6.10 Å². The monoisotopic (exact) mass is 354 g/mol. The number of esters is 3. The summed E-state index contributed by atoms with van der Waals surface area (Å²) in [6.07, 6.45) is 5.97. The minimum absolute atomic E-state index is 0.00236. The van der Waals surface area contributed by atoms with Crippen LogP contribution in [0.1, 0.15) is 66.2 Å². The largest absolute Gasteiger partial charge is 0.463 e. The Bertz CT molecular complexity index is 512. The molecule has 3 fully saturated rings. The molecule has 0 N–H and O–H groups in total. The molecule has 1 saturated heterocycles. The van der Waals surface area contributed by atoms with Crippen molar-refractivity contribution in [2.75, 3.05) is 6.61 Å². The Morgan fingerprint density at radius 2 is 1.88 bits per heavy atom. The number of carbonyl (C=O) groups is 3. The lowest BCUT2D eigenvalue weighted by atomic mass is 9.90. The fourth-order valence-electron chi connectivity index (χ4n) is 3.56. The second kappa shape index (κ2) is 8.19. The van der Waals surface area contributed by atoms with E-state index in [4.69, 9.17) is 4.74 Å². The van der Waals surface area contributed by atoms with Gasteiger partial charge in [0.1, 0.15) is 6.10 Å². The Morgan fingerprint density at radius 1 is 1.16 bits per heavy atom. The summed E-state index contributed by atoms with van der Waals surface area (Å²) in [6.45, 7) is 7.62. The van der Waals surface area contributed by atoms with Crippen molar-refractivity contribution in [3.63, 3.8) is 0 Å². The fourth-order valence-corrected chi connectivity index (χ4v) is 3.56. The van der Waals surface area contributed by atoms with Crippen molar-refractivity contribution in [3.8, 4) is 0 Å². The summed E-state index contributed by atoms with van der Waals surface area (Å²) in [7, 11) is 0. The second-order valence-corrected chi connectivity index (χ2v) is 7.91. The normalized spacial score (nSPS) is 30.3. The summed E-state index contributed by atoms with van der Waals surface area (Å²) in [6, 6.07) is 0. The van der Waals surface area contributed by atoms with Gasteiger partial charge >= 0.3 is 17.9 Å². The molecule has 6 nitrogen and oxygen atoms in total. The van der Waals surface area contributed by atoms with E-state index in [2.05, 4.69) is 9.47 Å². The molecule has 6 heteroatoms.